The number of hydrogen-bond acceptors (Lipinski definition) is 5. The summed E-state index contributed by atoms with van der Waals surface area (Å²) in [6.07, 6.45) is -1.11. The molecule has 1 unspecified atom stereocenters. The molecule has 0 spiro atoms. The van der Waals surface area contributed by atoms with Crippen LogP contribution in [0.5, 0.6) is 0 Å². The number of halogens is 2. The van der Waals surface area contributed by atoms with Crippen LogP contribution in [-0.4, -0.2) is 57.4 Å². The Morgan fingerprint density at radius 1 is 1.16 bits per heavy atom. The summed E-state index contributed by atoms with van der Waals surface area (Å²) in [5, 5.41) is 5.83. The lowest BCUT2D eigenvalue weighted by atomic mass is 10.0. The number of amides is 2. The van der Waals surface area contributed by atoms with Gasteiger partial charge in [0, 0.05) is 44.2 Å². The molecular formula is C22H24F2N4O3. The van der Waals surface area contributed by atoms with Crippen molar-refractivity contribution in [2.24, 2.45) is 0 Å². The second-order valence-electron chi connectivity index (χ2n) is 7.59. The van der Waals surface area contributed by atoms with Gasteiger partial charge in [0.25, 0.3) is 0 Å². The maximum atomic E-state index is 15.2. The summed E-state index contributed by atoms with van der Waals surface area (Å²) in [4.78, 5) is 26.5. The Hall–Kier alpha value is -3.20. The minimum atomic E-state index is -0.602. The monoisotopic (exact) mass is 430 g/mol. The number of rotatable bonds is 5. The predicted octanol–water partition coefficient (Wildman–Crippen LogP) is 2.50. The lowest BCUT2D eigenvalue weighted by molar-refractivity contribution is -0.119. The van der Waals surface area contributed by atoms with Crippen LogP contribution in [0.2, 0.25) is 0 Å². The van der Waals surface area contributed by atoms with E-state index in [1.807, 2.05) is 4.90 Å². The molecule has 0 radical (unpaired) electrons. The van der Waals surface area contributed by atoms with Crippen LogP contribution in [0.1, 0.15) is 6.92 Å². The van der Waals surface area contributed by atoms with Crippen molar-refractivity contribution >= 4 is 23.4 Å². The van der Waals surface area contributed by atoms with Gasteiger partial charge in [-0.25, -0.2) is 13.6 Å². The van der Waals surface area contributed by atoms with Crippen LogP contribution in [0.15, 0.2) is 36.4 Å². The standard InChI is InChI=1S/C22H24F2N4O3/c1-14(29)26-12-16-13-28(22(30)31-16)15-5-6-17(20(24)11-15)18-3-2-4-19(23)21(18)27-9-7-25-8-10-27/h2-6,11,16,25H,7-10,12-13H2,1H3,(H,26,29). The predicted molar refractivity (Wildman–Crippen MR) is 113 cm³/mol. The third-order valence-electron chi connectivity index (χ3n) is 5.43. The molecule has 2 saturated heterocycles. The van der Waals surface area contributed by atoms with Crippen LogP contribution in [-0.2, 0) is 9.53 Å². The van der Waals surface area contributed by atoms with Crippen molar-refractivity contribution in [1.82, 2.24) is 10.6 Å². The van der Waals surface area contributed by atoms with E-state index in [0.717, 1.165) is 13.1 Å². The maximum Gasteiger partial charge on any atom is 0.414 e. The Morgan fingerprint density at radius 2 is 1.94 bits per heavy atom. The van der Waals surface area contributed by atoms with Crippen molar-refractivity contribution in [2.75, 3.05) is 49.1 Å². The largest absolute Gasteiger partial charge is 0.442 e. The van der Waals surface area contributed by atoms with Crippen molar-refractivity contribution in [3.05, 3.63) is 48.0 Å². The fourth-order valence-corrected chi connectivity index (χ4v) is 3.93. The quantitative estimate of drug-likeness (QED) is 0.763. The molecule has 0 saturated carbocycles. The summed E-state index contributed by atoms with van der Waals surface area (Å²) < 4.78 is 35.1. The van der Waals surface area contributed by atoms with E-state index in [9.17, 15) is 14.0 Å². The van der Waals surface area contributed by atoms with E-state index in [2.05, 4.69) is 10.6 Å². The number of nitrogens with zero attached hydrogens (tertiary/aromatic N) is 2. The molecule has 0 aromatic heterocycles. The summed E-state index contributed by atoms with van der Waals surface area (Å²) in [6.45, 7) is 4.48. The van der Waals surface area contributed by atoms with E-state index in [1.54, 1.807) is 24.3 Å². The number of cyclic esters (lactones) is 1. The van der Waals surface area contributed by atoms with Crippen molar-refractivity contribution < 1.29 is 23.1 Å². The molecule has 2 aliphatic heterocycles. The van der Waals surface area contributed by atoms with Crippen LogP contribution in [0.4, 0.5) is 25.0 Å². The first kappa shape index (κ1) is 21.0. The van der Waals surface area contributed by atoms with Crippen LogP contribution in [0, 0.1) is 11.6 Å². The van der Waals surface area contributed by atoms with Crippen LogP contribution >= 0.6 is 0 Å². The van der Waals surface area contributed by atoms with Gasteiger partial charge >= 0.3 is 6.09 Å². The van der Waals surface area contributed by atoms with Gasteiger partial charge < -0.3 is 20.3 Å². The van der Waals surface area contributed by atoms with Crippen LogP contribution < -0.4 is 20.4 Å². The third-order valence-corrected chi connectivity index (χ3v) is 5.43. The first-order chi connectivity index (χ1) is 14.9. The Balaban J connectivity index is 1.60. The molecule has 7 nitrogen and oxygen atoms in total. The van der Waals surface area contributed by atoms with E-state index >= 15 is 4.39 Å². The van der Waals surface area contributed by atoms with Gasteiger partial charge in [-0.05, 0) is 24.3 Å². The van der Waals surface area contributed by atoms with Crippen molar-refractivity contribution in [2.45, 2.75) is 13.0 Å². The molecule has 1 atom stereocenters. The molecule has 0 bridgehead atoms. The van der Waals surface area contributed by atoms with E-state index in [4.69, 9.17) is 4.74 Å². The Morgan fingerprint density at radius 3 is 2.65 bits per heavy atom. The number of hydrogen-bond donors (Lipinski definition) is 2. The molecular weight excluding hydrogens is 406 g/mol. The van der Waals surface area contributed by atoms with Gasteiger partial charge in [0.1, 0.15) is 17.7 Å². The highest BCUT2D eigenvalue weighted by Crippen LogP contribution is 2.36. The number of anilines is 2. The summed E-state index contributed by atoms with van der Waals surface area (Å²) in [5.74, 6) is -1.18. The van der Waals surface area contributed by atoms with Gasteiger partial charge in [-0.1, -0.05) is 12.1 Å². The van der Waals surface area contributed by atoms with Crippen molar-refractivity contribution in [3.8, 4) is 11.1 Å². The van der Waals surface area contributed by atoms with Gasteiger partial charge in [-0.3, -0.25) is 9.69 Å². The van der Waals surface area contributed by atoms with Crippen LogP contribution in [0.25, 0.3) is 11.1 Å². The number of para-hydroxylation sites is 1. The summed E-state index contributed by atoms with van der Waals surface area (Å²) in [6, 6.07) is 9.07. The molecule has 2 fully saturated rings. The van der Waals surface area contributed by atoms with Gasteiger partial charge in [-0.2, -0.15) is 0 Å². The smallest absolute Gasteiger partial charge is 0.414 e. The highest BCUT2D eigenvalue weighted by atomic mass is 19.1. The minimum Gasteiger partial charge on any atom is -0.442 e. The van der Waals surface area contributed by atoms with Gasteiger partial charge in [0.15, 0.2) is 0 Å². The lowest BCUT2D eigenvalue weighted by Gasteiger charge is -2.31. The molecule has 2 heterocycles. The molecule has 31 heavy (non-hydrogen) atoms. The second-order valence-corrected chi connectivity index (χ2v) is 7.59. The second kappa shape index (κ2) is 8.89. The summed E-state index contributed by atoms with van der Waals surface area (Å²) >= 11 is 0. The number of benzene rings is 2. The van der Waals surface area contributed by atoms with Crippen molar-refractivity contribution in [1.29, 1.82) is 0 Å². The first-order valence-electron chi connectivity index (χ1n) is 10.2. The fraction of sp³-hybridized carbons (Fsp3) is 0.364. The van der Waals surface area contributed by atoms with E-state index in [0.29, 0.717) is 30.0 Å². The lowest BCUT2D eigenvalue weighted by Crippen LogP contribution is -2.44. The molecule has 2 N–H and O–H groups in total. The van der Waals surface area contributed by atoms with E-state index < -0.39 is 23.8 Å². The zero-order chi connectivity index (χ0) is 22.0. The molecule has 4 rings (SSSR count). The minimum absolute atomic E-state index is 0.190. The molecule has 2 aromatic carbocycles. The molecule has 164 valence electrons. The van der Waals surface area contributed by atoms with E-state index in [1.165, 1.54) is 24.0 Å². The summed E-state index contributed by atoms with van der Waals surface area (Å²) in [7, 11) is 0. The zero-order valence-electron chi connectivity index (χ0n) is 17.2. The average Bonchev–Trinajstić information content (AvgIpc) is 3.13. The molecule has 0 aliphatic carbocycles. The molecule has 2 amide bonds. The third kappa shape index (κ3) is 4.46. The molecule has 2 aromatic rings. The van der Waals surface area contributed by atoms with Gasteiger partial charge in [0.2, 0.25) is 5.91 Å². The van der Waals surface area contributed by atoms with Gasteiger partial charge in [-0.15, -0.1) is 0 Å². The number of carbonyl (C=O) groups is 2. The number of piperazine rings is 1. The highest BCUT2D eigenvalue weighted by Gasteiger charge is 2.33. The Kier molecular flexibility index (Phi) is 6.03. The Labute approximate surface area is 179 Å². The highest BCUT2D eigenvalue weighted by molar-refractivity contribution is 5.90. The Bertz CT molecular complexity index is 995. The van der Waals surface area contributed by atoms with Crippen molar-refractivity contribution in [3.63, 3.8) is 0 Å². The number of carbonyl (C=O) groups excluding carboxylic acids is 2. The number of ether oxygens (including phenoxy) is 1. The SMILES string of the molecule is CC(=O)NCC1CN(c2ccc(-c3cccc(F)c3N3CCNCC3)c(F)c2)C(=O)O1. The molecule has 9 heteroatoms. The average molecular weight is 430 g/mol. The van der Waals surface area contributed by atoms with Gasteiger partial charge in [0.05, 0.1) is 24.5 Å². The van der Waals surface area contributed by atoms with Crippen LogP contribution in [0.3, 0.4) is 0 Å². The normalized spacial score (nSPS) is 18.8. The van der Waals surface area contributed by atoms with E-state index in [-0.39, 0.29) is 24.6 Å². The topological polar surface area (TPSA) is 73.9 Å². The maximum absolute atomic E-state index is 15.2. The zero-order valence-corrected chi connectivity index (χ0v) is 17.2. The molecule has 2 aliphatic rings. The number of nitrogens with one attached hydrogen (secondary N) is 2. The fourth-order valence-electron chi connectivity index (χ4n) is 3.93. The first-order valence-corrected chi connectivity index (χ1v) is 10.2. The summed E-state index contributed by atoms with van der Waals surface area (Å²) in [5.41, 5.74) is 1.46.